The number of rotatable bonds is 6. The van der Waals surface area contributed by atoms with E-state index in [0.717, 1.165) is 62.1 Å². The Morgan fingerprint density at radius 1 is 1.15 bits per heavy atom. The van der Waals surface area contributed by atoms with Gasteiger partial charge in [0.15, 0.2) is 5.82 Å². The van der Waals surface area contributed by atoms with Gasteiger partial charge in [-0.15, -0.1) is 0 Å². The summed E-state index contributed by atoms with van der Waals surface area (Å²) < 4.78 is 12.8. The summed E-state index contributed by atoms with van der Waals surface area (Å²) in [6.45, 7) is 6.20. The normalized spacial score (nSPS) is 17.1. The Hall–Kier alpha value is -2.47. The monoisotopic (exact) mass is 352 g/mol. The molecule has 1 fully saturated rings. The van der Waals surface area contributed by atoms with Gasteiger partial charge in [-0.25, -0.2) is 9.67 Å². The van der Waals surface area contributed by atoms with Gasteiger partial charge >= 0.3 is 0 Å². The predicted octanol–water partition coefficient (Wildman–Crippen LogP) is 3.22. The molecule has 0 spiro atoms. The molecule has 6 nitrogen and oxygen atoms in total. The van der Waals surface area contributed by atoms with Crippen molar-refractivity contribution in [2.75, 3.05) is 13.2 Å². The predicted molar refractivity (Wildman–Crippen MR) is 97.1 cm³/mol. The van der Waals surface area contributed by atoms with E-state index in [2.05, 4.69) is 29.4 Å². The fourth-order valence-electron chi connectivity index (χ4n) is 3.47. The van der Waals surface area contributed by atoms with E-state index in [1.165, 1.54) is 11.1 Å². The minimum Gasteiger partial charge on any atom is -0.381 e. The van der Waals surface area contributed by atoms with E-state index < -0.39 is 0 Å². The van der Waals surface area contributed by atoms with Crippen LogP contribution >= 0.6 is 0 Å². The summed E-state index contributed by atoms with van der Waals surface area (Å²) in [6, 6.07) is 10.4. The average molecular weight is 352 g/mol. The third-order valence-corrected chi connectivity index (χ3v) is 5.01. The molecule has 1 aliphatic heterocycles. The molecule has 1 saturated heterocycles. The van der Waals surface area contributed by atoms with E-state index in [-0.39, 0.29) is 0 Å². The van der Waals surface area contributed by atoms with Gasteiger partial charge < -0.3 is 9.26 Å². The maximum Gasteiger partial charge on any atom is 0.156 e. The number of hydrogen-bond donors (Lipinski definition) is 0. The van der Waals surface area contributed by atoms with Crippen LogP contribution < -0.4 is 0 Å². The van der Waals surface area contributed by atoms with Gasteiger partial charge in [0.2, 0.25) is 0 Å². The number of hydrogen-bond acceptors (Lipinski definition) is 5. The lowest BCUT2D eigenvalue weighted by Crippen LogP contribution is -2.09. The third-order valence-electron chi connectivity index (χ3n) is 5.01. The van der Waals surface area contributed by atoms with Gasteiger partial charge in [-0.2, -0.15) is 5.10 Å². The third kappa shape index (κ3) is 3.55. The Labute approximate surface area is 153 Å². The standard InChI is InChI=1S/C20H24N4O2/c1-14-18(15(2)26-23-14)8-9-19-21-20(17-10-11-25-13-17)22-24(19)12-16-6-4-3-5-7-16/h3-7,17H,8-13H2,1-2H3. The molecule has 0 amide bonds. The summed E-state index contributed by atoms with van der Waals surface area (Å²) in [5.74, 6) is 3.12. The largest absolute Gasteiger partial charge is 0.381 e. The fourth-order valence-corrected chi connectivity index (χ4v) is 3.47. The van der Waals surface area contributed by atoms with E-state index in [0.29, 0.717) is 5.92 Å². The van der Waals surface area contributed by atoms with Gasteiger partial charge in [0.25, 0.3) is 0 Å². The first-order valence-electron chi connectivity index (χ1n) is 9.17. The van der Waals surface area contributed by atoms with Gasteiger partial charge in [0.05, 0.1) is 18.8 Å². The molecular weight excluding hydrogens is 328 g/mol. The highest BCUT2D eigenvalue weighted by atomic mass is 16.5. The maximum absolute atomic E-state index is 5.52. The second-order valence-electron chi connectivity index (χ2n) is 6.89. The molecule has 136 valence electrons. The first kappa shape index (κ1) is 17.0. The number of nitrogens with zero attached hydrogens (tertiary/aromatic N) is 4. The summed E-state index contributed by atoms with van der Waals surface area (Å²) in [5, 5.41) is 8.87. The van der Waals surface area contributed by atoms with Gasteiger partial charge in [-0.05, 0) is 32.3 Å². The van der Waals surface area contributed by atoms with E-state index in [4.69, 9.17) is 19.3 Å². The molecule has 1 unspecified atom stereocenters. The van der Waals surface area contributed by atoms with Crippen molar-refractivity contribution >= 4 is 0 Å². The summed E-state index contributed by atoms with van der Waals surface area (Å²) in [4.78, 5) is 4.87. The molecule has 0 N–H and O–H groups in total. The molecular formula is C20H24N4O2. The molecule has 6 heteroatoms. The Balaban J connectivity index is 1.58. The minimum atomic E-state index is 0.310. The second-order valence-corrected chi connectivity index (χ2v) is 6.89. The summed E-state index contributed by atoms with van der Waals surface area (Å²) in [6.07, 6.45) is 2.67. The van der Waals surface area contributed by atoms with E-state index in [9.17, 15) is 0 Å². The highest BCUT2D eigenvalue weighted by molar-refractivity contribution is 5.22. The molecule has 0 bridgehead atoms. The number of benzene rings is 1. The Bertz CT molecular complexity index is 844. The molecule has 3 aromatic rings. The van der Waals surface area contributed by atoms with Crippen molar-refractivity contribution in [3.63, 3.8) is 0 Å². The lowest BCUT2D eigenvalue weighted by Gasteiger charge is -2.06. The fraction of sp³-hybridized carbons (Fsp3) is 0.450. The van der Waals surface area contributed by atoms with Crippen LogP contribution in [0.25, 0.3) is 0 Å². The molecule has 0 saturated carbocycles. The van der Waals surface area contributed by atoms with Crippen LogP contribution in [0.2, 0.25) is 0 Å². The smallest absolute Gasteiger partial charge is 0.156 e. The second kappa shape index (κ2) is 7.41. The lowest BCUT2D eigenvalue weighted by molar-refractivity contribution is 0.193. The molecule has 3 heterocycles. The van der Waals surface area contributed by atoms with Crippen molar-refractivity contribution in [1.29, 1.82) is 0 Å². The number of ether oxygens (including phenoxy) is 1. The van der Waals surface area contributed by atoms with Crippen molar-refractivity contribution in [3.8, 4) is 0 Å². The maximum atomic E-state index is 5.52. The van der Waals surface area contributed by atoms with Crippen molar-refractivity contribution in [2.45, 2.75) is 45.6 Å². The van der Waals surface area contributed by atoms with Gasteiger partial charge in [0, 0.05) is 24.5 Å². The Morgan fingerprint density at radius 3 is 2.69 bits per heavy atom. The molecule has 4 rings (SSSR count). The van der Waals surface area contributed by atoms with Crippen LogP contribution in [0, 0.1) is 13.8 Å². The van der Waals surface area contributed by atoms with E-state index >= 15 is 0 Å². The Kier molecular flexibility index (Phi) is 4.84. The highest BCUT2D eigenvalue weighted by Crippen LogP contribution is 2.23. The van der Waals surface area contributed by atoms with Crippen molar-refractivity contribution in [3.05, 3.63) is 64.6 Å². The van der Waals surface area contributed by atoms with Gasteiger partial charge in [-0.3, -0.25) is 0 Å². The van der Waals surface area contributed by atoms with Crippen LogP contribution in [0.5, 0.6) is 0 Å². The first-order valence-corrected chi connectivity index (χ1v) is 9.17. The van der Waals surface area contributed by atoms with Crippen molar-refractivity contribution < 1.29 is 9.26 Å². The van der Waals surface area contributed by atoms with Crippen molar-refractivity contribution in [1.82, 2.24) is 19.9 Å². The van der Waals surface area contributed by atoms with Crippen LogP contribution in [-0.4, -0.2) is 33.1 Å². The van der Waals surface area contributed by atoms with Gasteiger partial charge in [-0.1, -0.05) is 35.5 Å². The average Bonchev–Trinajstić information content (AvgIpc) is 3.37. The molecule has 1 atom stereocenters. The molecule has 1 aromatic carbocycles. The zero-order valence-electron chi connectivity index (χ0n) is 15.3. The molecule has 2 aromatic heterocycles. The first-order chi connectivity index (χ1) is 12.7. The van der Waals surface area contributed by atoms with Crippen molar-refractivity contribution in [2.24, 2.45) is 0 Å². The zero-order valence-corrected chi connectivity index (χ0v) is 15.3. The number of aromatic nitrogens is 4. The van der Waals surface area contributed by atoms with Crippen LogP contribution in [0.3, 0.4) is 0 Å². The SMILES string of the molecule is Cc1noc(C)c1CCc1nc(C2CCOC2)nn1Cc1ccccc1. The lowest BCUT2D eigenvalue weighted by atomic mass is 10.1. The summed E-state index contributed by atoms with van der Waals surface area (Å²) in [7, 11) is 0. The molecule has 0 radical (unpaired) electrons. The van der Waals surface area contributed by atoms with E-state index in [1.807, 2.05) is 24.6 Å². The van der Waals surface area contributed by atoms with Crippen LogP contribution in [-0.2, 0) is 24.1 Å². The molecule has 26 heavy (non-hydrogen) atoms. The van der Waals surface area contributed by atoms with Gasteiger partial charge in [0.1, 0.15) is 11.6 Å². The topological polar surface area (TPSA) is 66.0 Å². The Morgan fingerprint density at radius 2 is 2.00 bits per heavy atom. The number of aryl methyl sites for hydroxylation is 3. The molecule has 1 aliphatic rings. The summed E-state index contributed by atoms with van der Waals surface area (Å²) >= 11 is 0. The quantitative estimate of drug-likeness (QED) is 0.681. The minimum absolute atomic E-state index is 0.310. The van der Waals surface area contributed by atoms with Crippen LogP contribution in [0.15, 0.2) is 34.9 Å². The van der Waals surface area contributed by atoms with Crippen LogP contribution in [0.4, 0.5) is 0 Å². The summed E-state index contributed by atoms with van der Waals surface area (Å²) in [5.41, 5.74) is 3.36. The van der Waals surface area contributed by atoms with Crippen LogP contribution in [0.1, 0.15) is 46.6 Å². The zero-order chi connectivity index (χ0) is 17.9. The van der Waals surface area contributed by atoms with E-state index in [1.54, 1.807) is 0 Å². The molecule has 0 aliphatic carbocycles. The highest BCUT2D eigenvalue weighted by Gasteiger charge is 2.24.